The van der Waals surface area contributed by atoms with Crippen LogP contribution in [0.1, 0.15) is 16.7 Å². The second-order valence-electron chi connectivity index (χ2n) is 6.69. The lowest BCUT2D eigenvalue weighted by Gasteiger charge is -2.12. The molecule has 0 aliphatic carbocycles. The van der Waals surface area contributed by atoms with Gasteiger partial charge in [0.05, 0.1) is 18.1 Å². The lowest BCUT2D eigenvalue weighted by molar-refractivity contribution is -0.117. The number of ether oxygens (including phenoxy) is 1. The monoisotopic (exact) mass is 640 g/mol. The van der Waals surface area contributed by atoms with Crippen molar-refractivity contribution in [1.29, 1.82) is 5.26 Å². The maximum absolute atomic E-state index is 12.4. The molecule has 0 saturated heterocycles. The normalized spacial score (nSPS) is 11.0. The lowest BCUT2D eigenvalue weighted by atomic mass is 10.1. The van der Waals surface area contributed by atoms with Crippen molar-refractivity contribution in [3.8, 4) is 11.8 Å². The van der Waals surface area contributed by atoms with Crippen LogP contribution in [0.15, 0.2) is 70.7 Å². The number of nitrogens with zero attached hydrogens (tertiary/aromatic N) is 1. The van der Waals surface area contributed by atoms with E-state index in [-0.39, 0.29) is 5.57 Å². The Kier molecular flexibility index (Phi) is 9.00. The second kappa shape index (κ2) is 11.7. The van der Waals surface area contributed by atoms with Gasteiger partial charge in [0.25, 0.3) is 5.91 Å². The van der Waals surface area contributed by atoms with Crippen LogP contribution < -0.4 is 10.1 Å². The average molecular weight is 642 g/mol. The van der Waals surface area contributed by atoms with Crippen molar-refractivity contribution in [2.75, 3.05) is 0 Å². The highest BCUT2D eigenvalue weighted by Gasteiger charge is 2.13. The van der Waals surface area contributed by atoms with Gasteiger partial charge in [0.1, 0.15) is 24.0 Å². The van der Waals surface area contributed by atoms with Crippen molar-refractivity contribution < 1.29 is 9.53 Å². The fourth-order valence-electron chi connectivity index (χ4n) is 2.77. The van der Waals surface area contributed by atoms with Crippen LogP contribution in [0.2, 0.25) is 10.0 Å². The van der Waals surface area contributed by atoms with Gasteiger partial charge in [-0.25, -0.2) is 0 Å². The summed E-state index contributed by atoms with van der Waals surface area (Å²) in [5, 5.41) is 13.2. The Hall–Kier alpha value is -2.05. The molecular weight excluding hydrogens is 626 g/mol. The molecule has 0 atom stereocenters. The average Bonchev–Trinajstić information content (AvgIpc) is 2.78. The Balaban J connectivity index is 1.72. The molecule has 0 fully saturated rings. The first kappa shape index (κ1) is 24.6. The summed E-state index contributed by atoms with van der Waals surface area (Å²) < 4.78 is 7.48. The predicted octanol–water partition coefficient (Wildman–Crippen LogP) is 7.16. The maximum atomic E-state index is 12.4. The maximum Gasteiger partial charge on any atom is 0.262 e. The van der Waals surface area contributed by atoms with Gasteiger partial charge in [-0.15, -0.1) is 0 Å². The third-order valence-electron chi connectivity index (χ3n) is 4.36. The Bertz CT molecular complexity index is 1190. The molecular formula is C24H16BrCl2IN2O2. The number of amides is 1. The van der Waals surface area contributed by atoms with E-state index in [0.29, 0.717) is 39.0 Å². The van der Waals surface area contributed by atoms with Gasteiger partial charge >= 0.3 is 0 Å². The van der Waals surface area contributed by atoms with Crippen molar-refractivity contribution in [2.45, 2.75) is 13.2 Å². The summed E-state index contributed by atoms with van der Waals surface area (Å²) in [6, 6.07) is 20.5. The van der Waals surface area contributed by atoms with Gasteiger partial charge < -0.3 is 10.1 Å². The molecule has 0 aliphatic heterocycles. The van der Waals surface area contributed by atoms with Gasteiger partial charge in [0.2, 0.25) is 0 Å². The predicted molar refractivity (Wildman–Crippen MR) is 140 cm³/mol. The van der Waals surface area contributed by atoms with Gasteiger partial charge in [0.15, 0.2) is 0 Å². The zero-order valence-electron chi connectivity index (χ0n) is 16.5. The van der Waals surface area contributed by atoms with E-state index in [9.17, 15) is 10.1 Å². The summed E-state index contributed by atoms with van der Waals surface area (Å²) in [6.07, 6.45) is 1.55. The number of halogens is 4. The molecule has 8 heteroatoms. The Morgan fingerprint density at radius 3 is 2.50 bits per heavy atom. The van der Waals surface area contributed by atoms with Gasteiger partial charge in [-0.1, -0.05) is 59.6 Å². The van der Waals surface area contributed by atoms with E-state index in [1.807, 2.05) is 48.5 Å². The third-order valence-corrected chi connectivity index (χ3v) is 6.49. The first-order valence-electron chi connectivity index (χ1n) is 9.37. The highest BCUT2D eigenvalue weighted by molar-refractivity contribution is 14.1. The van der Waals surface area contributed by atoms with Crippen molar-refractivity contribution >= 4 is 73.7 Å². The molecule has 32 heavy (non-hydrogen) atoms. The topological polar surface area (TPSA) is 62.1 Å². The van der Waals surface area contributed by atoms with E-state index < -0.39 is 5.91 Å². The van der Waals surface area contributed by atoms with Crippen LogP contribution in [-0.2, 0) is 17.9 Å². The van der Waals surface area contributed by atoms with Crippen LogP contribution in [0.4, 0.5) is 0 Å². The van der Waals surface area contributed by atoms with Gasteiger partial charge in [0, 0.05) is 6.54 Å². The standard InChI is InChI=1S/C24H16BrCl2IN2O2/c25-19-9-17(8-18(12-29)24(31)30-13-15-4-2-1-3-5-15)11-22(28)23(19)32-14-16-6-7-20(26)21(27)10-16/h1-11H,13-14H2,(H,30,31)/b18-8-. The summed E-state index contributed by atoms with van der Waals surface area (Å²) in [6.45, 7) is 0.660. The minimum absolute atomic E-state index is 0.0214. The first-order chi connectivity index (χ1) is 15.4. The van der Waals surface area contributed by atoms with E-state index in [4.69, 9.17) is 27.9 Å². The van der Waals surface area contributed by atoms with E-state index in [1.54, 1.807) is 24.3 Å². The number of rotatable bonds is 7. The molecule has 0 radical (unpaired) electrons. The van der Waals surface area contributed by atoms with Crippen LogP contribution in [0.3, 0.4) is 0 Å². The van der Waals surface area contributed by atoms with Crippen molar-refractivity contribution in [3.63, 3.8) is 0 Å². The molecule has 4 nitrogen and oxygen atoms in total. The molecule has 0 aromatic heterocycles. The second-order valence-corrected chi connectivity index (χ2v) is 9.52. The Morgan fingerprint density at radius 1 is 1.09 bits per heavy atom. The van der Waals surface area contributed by atoms with E-state index in [0.717, 1.165) is 14.7 Å². The van der Waals surface area contributed by atoms with E-state index in [2.05, 4.69) is 43.8 Å². The molecule has 0 unspecified atom stereocenters. The van der Waals surface area contributed by atoms with Crippen LogP contribution in [0.25, 0.3) is 6.08 Å². The fraction of sp³-hybridized carbons (Fsp3) is 0.0833. The molecule has 162 valence electrons. The summed E-state index contributed by atoms with van der Waals surface area (Å²) in [5.41, 5.74) is 2.56. The number of nitriles is 1. The molecule has 0 spiro atoms. The molecule has 3 aromatic rings. The van der Waals surface area contributed by atoms with Crippen molar-refractivity contribution in [3.05, 3.63) is 101 Å². The molecule has 1 N–H and O–H groups in total. The summed E-state index contributed by atoms with van der Waals surface area (Å²) in [5.74, 6) is 0.225. The van der Waals surface area contributed by atoms with Gasteiger partial charge in [-0.3, -0.25) is 4.79 Å². The molecule has 1 amide bonds. The first-order valence-corrected chi connectivity index (χ1v) is 12.0. The quantitative estimate of drug-likeness (QED) is 0.169. The third kappa shape index (κ3) is 6.72. The van der Waals surface area contributed by atoms with E-state index >= 15 is 0 Å². The summed E-state index contributed by atoms with van der Waals surface area (Å²) in [7, 11) is 0. The highest BCUT2D eigenvalue weighted by atomic mass is 127. The van der Waals surface area contributed by atoms with Crippen LogP contribution >= 0.6 is 61.7 Å². The number of hydrogen-bond donors (Lipinski definition) is 1. The van der Waals surface area contributed by atoms with Crippen molar-refractivity contribution in [2.24, 2.45) is 0 Å². The minimum atomic E-state index is -0.428. The number of hydrogen-bond acceptors (Lipinski definition) is 3. The zero-order chi connectivity index (χ0) is 23.1. The van der Waals surface area contributed by atoms with Crippen LogP contribution in [0, 0.1) is 14.9 Å². The number of benzene rings is 3. The zero-order valence-corrected chi connectivity index (χ0v) is 21.8. The number of nitrogens with one attached hydrogen (secondary N) is 1. The largest absolute Gasteiger partial charge is 0.487 e. The highest BCUT2D eigenvalue weighted by Crippen LogP contribution is 2.34. The van der Waals surface area contributed by atoms with Gasteiger partial charge in [-0.05, 0) is 85.6 Å². The number of carbonyl (C=O) groups is 1. The number of carbonyl (C=O) groups excluding carboxylic acids is 1. The minimum Gasteiger partial charge on any atom is -0.487 e. The molecule has 0 heterocycles. The Morgan fingerprint density at radius 2 is 1.84 bits per heavy atom. The lowest BCUT2D eigenvalue weighted by Crippen LogP contribution is -2.23. The van der Waals surface area contributed by atoms with Crippen LogP contribution in [0.5, 0.6) is 5.75 Å². The summed E-state index contributed by atoms with van der Waals surface area (Å²) in [4.78, 5) is 12.4. The van der Waals surface area contributed by atoms with Gasteiger partial charge in [-0.2, -0.15) is 5.26 Å². The van der Waals surface area contributed by atoms with Crippen molar-refractivity contribution in [1.82, 2.24) is 5.32 Å². The molecule has 3 aromatic carbocycles. The van der Waals surface area contributed by atoms with Crippen LogP contribution in [-0.4, -0.2) is 5.91 Å². The molecule has 0 saturated carbocycles. The molecule has 3 rings (SSSR count). The summed E-state index contributed by atoms with van der Waals surface area (Å²) >= 11 is 17.7. The molecule has 0 bridgehead atoms. The molecule has 0 aliphatic rings. The fourth-order valence-corrected chi connectivity index (χ4v) is 4.86. The SMILES string of the molecule is N#C/C(=C/c1cc(Br)c(OCc2ccc(Cl)c(Cl)c2)c(I)c1)C(=O)NCc1ccccc1. The smallest absolute Gasteiger partial charge is 0.262 e. The van der Waals surface area contributed by atoms with E-state index in [1.165, 1.54) is 0 Å². The Labute approximate surface area is 218 Å².